The van der Waals surface area contributed by atoms with Crippen molar-refractivity contribution >= 4 is 0 Å². The van der Waals surface area contributed by atoms with E-state index in [1.54, 1.807) is 0 Å². The molecule has 240 valence electrons. The summed E-state index contributed by atoms with van der Waals surface area (Å²) in [5.74, 6) is 0.557. The first-order valence-corrected chi connectivity index (χ1v) is 16.9. The fourth-order valence-electron chi connectivity index (χ4n) is 5.93. The Morgan fingerprint density at radius 3 is 1.57 bits per heavy atom. The zero-order valence-corrected chi connectivity index (χ0v) is 26.4. The van der Waals surface area contributed by atoms with E-state index in [2.05, 4.69) is 72.9 Å². The molecule has 6 rings (SSSR count). The number of benzene rings is 2. The number of allylic oxidation sites excluding steroid dienone is 4. The van der Waals surface area contributed by atoms with Gasteiger partial charge in [-0.1, -0.05) is 97.1 Å². The molecule has 0 radical (unpaired) electrons. The molecule has 2 fully saturated rings. The topological polar surface area (TPSA) is 68.2 Å². The Labute approximate surface area is 265 Å². The highest BCUT2D eigenvalue weighted by molar-refractivity contribution is 5.14. The smallest absolute Gasteiger partial charge is 0.0720 e. The van der Waals surface area contributed by atoms with Gasteiger partial charge in [-0.3, -0.25) is 0 Å². The fraction of sp³-hybridized carbons (Fsp3) is 0.538. The first-order valence-electron chi connectivity index (χ1n) is 16.9. The first kappa shape index (κ1) is 34.3. The summed E-state index contributed by atoms with van der Waals surface area (Å²) in [5, 5.41) is 18.7. The lowest BCUT2D eigenvalue weighted by Crippen LogP contribution is -2.26. The predicted octanol–water partition coefficient (Wildman–Crippen LogP) is 8.26. The summed E-state index contributed by atoms with van der Waals surface area (Å²) in [7, 11) is 0. The van der Waals surface area contributed by atoms with Crippen LogP contribution in [0.25, 0.3) is 0 Å². The lowest BCUT2D eigenvalue weighted by Gasteiger charge is -2.27. The molecule has 0 heterocycles. The largest absolute Gasteiger partial charge is 0.393 e. The summed E-state index contributed by atoms with van der Waals surface area (Å²) in [6, 6.07) is 20.6. The molecule has 0 saturated heterocycles. The van der Waals surface area contributed by atoms with E-state index in [1.165, 1.54) is 24.0 Å². The monoisotopic (exact) mass is 602 g/mol. The Balaban J connectivity index is 0.000000151. The van der Waals surface area contributed by atoms with Gasteiger partial charge in [-0.25, -0.2) is 0 Å². The van der Waals surface area contributed by atoms with E-state index in [0.29, 0.717) is 30.8 Å². The van der Waals surface area contributed by atoms with Crippen LogP contribution in [0, 0.1) is 5.92 Å². The van der Waals surface area contributed by atoms with E-state index < -0.39 is 0 Å². The number of aliphatic hydroxyl groups is 2. The van der Waals surface area contributed by atoms with Crippen molar-refractivity contribution in [3.8, 4) is 0 Å². The van der Waals surface area contributed by atoms with Crippen LogP contribution in [-0.4, -0.2) is 47.3 Å². The molecule has 4 aliphatic carbocycles. The molecule has 4 aliphatic rings. The molecular formula is C39H54O5. The Hall–Kier alpha value is -2.54. The third kappa shape index (κ3) is 14.0. The van der Waals surface area contributed by atoms with E-state index in [0.717, 1.165) is 77.4 Å². The highest BCUT2D eigenvalue weighted by Gasteiger charge is 2.21. The molecule has 44 heavy (non-hydrogen) atoms. The Kier molecular flexibility index (Phi) is 16.0. The van der Waals surface area contributed by atoms with Gasteiger partial charge >= 0.3 is 0 Å². The van der Waals surface area contributed by atoms with Gasteiger partial charge in [-0.05, 0) is 88.2 Å². The molecule has 0 aromatic heterocycles. The second-order valence-electron chi connectivity index (χ2n) is 12.5. The van der Waals surface area contributed by atoms with Gasteiger partial charge in [0.15, 0.2) is 0 Å². The standard InChI is InChI=1S/C13H20O2.C13H18O2.C13H16O/c2*14-12-6-8-13(9-7-12)15-10-11-4-2-1-3-5-11;1-3-7-12(8-4-1)11-14-13-9-5-2-6-10-13/h1-4,11-14H,5-10H2;1-5,12-14H,6-10H2;1-5,7-8,13H,6,9-11H2. The number of rotatable bonds is 9. The molecule has 5 heteroatoms. The molecule has 2 aromatic carbocycles. The van der Waals surface area contributed by atoms with Gasteiger partial charge in [0, 0.05) is 5.92 Å². The maximum Gasteiger partial charge on any atom is 0.0720 e. The van der Waals surface area contributed by atoms with E-state index in [1.807, 2.05) is 24.3 Å². The molecule has 0 aliphatic heterocycles. The van der Waals surface area contributed by atoms with Crippen LogP contribution in [0.15, 0.2) is 97.1 Å². The molecule has 0 spiro atoms. The van der Waals surface area contributed by atoms with E-state index in [-0.39, 0.29) is 12.2 Å². The van der Waals surface area contributed by atoms with Gasteiger partial charge in [0.2, 0.25) is 0 Å². The highest BCUT2D eigenvalue weighted by atomic mass is 16.5. The first-order chi connectivity index (χ1) is 21.6. The van der Waals surface area contributed by atoms with Crippen molar-refractivity contribution < 1.29 is 24.4 Å². The molecule has 2 atom stereocenters. The summed E-state index contributed by atoms with van der Waals surface area (Å²) in [6.07, 6.45) is 26.2. The highest BCUT2D eigenvalue weighted by Crippen LogP contribution is 2.23. The molecule has 0 bridgehead atoms. The van der Waals surface area contributed by atoms with Crippen molar-refractivity contribution in [3.05, 3.63) is 108 Å². The van der Waals surface area contributed by atoms with Crippen molar-refractivity contribution in [3.63, 3.8) is 0 Å². The van der Waals surface area contributed by atoms with Gasteiger partial charge in [0.05, 0.1) is 50.3 Å². The molecule has 2 unspecified atom stereocenters. The molecule has 2 aromatic rings. The zero-order chi connectivity index (χ0) is 30.7. The summed E-state index contributed by atoms with van der Waals surface area (Å²) in [6.45, 7) is 2.28. The van der Waals surface area contributed by atoms with Crippen molar-refractivity contribution in [2.45, 2.75) is 121 Å². The zero-order valence-electron chi connectivity index (χ0n) is 26.4. The van der Waals surface area contributed by atoms with Gasteiger partial charge in [-0.2, -0.15) is 0 Å². The van der Waals surface area contributed by atoms with Crippen molar-refractivity contribution in [2.75, 3.05) is 6.61 Å². The van der Waals surface area contributed by atoms with Crippen LogP contribution in [0.4, 0.5) is 0 Å². The van der Waals surface area contributed by atoms with Crippen LogP contribution in [0.3, 0.4) is 0 Å². The van der Waals surface area contributed by atoms with Crippen LogP contribution >= 0.6 is 0 Å². The molecule has 2 N–H and O–H groups in total. The Morgan fingerprint density at radius 1 is 0.523 bits per heavy atom. The lowest BCUT2D eigenvalue weighted by atomic mass is 9.95. The summed E-state index contributed by atoms with van der Waals surface area (Å²) >= 11 is 0. The van der Waals surface area contributed by atoms with E-state index >= 15 is 0 Å². The Morgan fingerprint density at radius 2 is 1.07 bits per heavy atom. The summed E-state index contributed by atoms with van der Waals surface area (Å²) in [4.78, 5) is 0. The Bertz CT molecular complexity index is 1080. The van der Waals surface area contributed by atoms with Crippen LogP contribution in [0.5, 0.6) is 0 Å². The maximum atomic E-state index is 9.37. The normalized spacial score (nSPS) is 27.9. The van der Waals surface area contributed by atoms with E-state index in [4.69, 9.17) is 14.2 Å². The van der Waals surface area contributed by atoms with Gasteiger partial charge in [0.1, 0.15) is 0 Å². The summed E-state index contributed by atoms with van der Waals surface area (Å²) < 4.78 is 17.5. The van der Waals surface area contributed by atoms with Gasteiger partial charge < -0.3 is 24.4 Å². The molecule has 0 amide bonds. The fourth-order valence-corrected chi connectivity index (χ4v) is 5.93. The average Bonchev–Trinajstić information content (AvgIpc) is 3.09. The molecule has 2 saturated carbocycles. The van der Waals surface area contributed by atoms with Crippen LogP contribution < -0.4 is 0 Å². The average molecular weight is 603 g/mol. The number of hydrogen-bond donors (Lipinski definition) is 2. The summed E-state index contributed by atoms with van der Waals surface area (Å²) in [5.41, 5.74) is 2.49. The molecule has 5 nitrogen and oxygen atoms in total. The SMILES string of the molecule is C1=CCC(OCc2ccccc2)CC1.OC1CCC(OCC2C=CC=CC2)CC1.OC1CCC(OCc2ccccc2)CC1. The minimum atomic E-state index is -0.0958. The number of ether oxygens (including phenoxy) is 3. The van der Waals surface area contributed by atoms with Gasteiger partial charge in [0.25, 0.3) is 0 Å². The van der Waals surface area contributed by atoms with Crippen LogP contribution in [0.1, 0.15) is 88.2 Å². The van der Waals surface area contributed by atoms with Crippen molar-refractivity contribution in [1.29, 1.82) is 0 Å². The molecular weight excluding hydrogens is 548 g/mol. The predicted molar refractivity (Wildman–Crippen MR) is 178 cm³/mol. The minimum Gasteiger partial charge on any atom is -0.393 e. The minimum absolute atomic E-state index is 0.0811. The maximum absolute atomic E-state index is 9.37. The quantitative estimate of drug-likeness (QED) is 0.283. The van der Waals surface area contributed by atoms with Crippen molar-refractivity contribution in [2.24, 2.45) is 5.92 Å². The lowest BCUT2D eigenvalue weighted by molar-refractivity contribution is -0.0120. The number of aliphatic hydroxyl groups excluding tert-OH is 2. The third-order valence-electron chi connectivity index (χ3n) is 8.78. The van der Waals surface area contributed by atoms with Gasteiger partial charge in [-0.15, -0.1) is 0 Å². The van der Waals surface area contributed by atoms with E-state index in [9.17, 15) is 10.2 Å². The third-order valence-corrected chi connectivity index (χ3v) is 8.78. The second kappa shape index (κ2) is 20.5. The van der Waals surface area contributed by atoms with Crippen molar-refractivity contribution in [1.82, 2.24) is 0 Å². The number of hydrogen-bond acceptors (Lipinski definition) is 5. The van der Waals surface area contributed by atoms with Crippen LogP contribution in [0.2, 0.25) is 0 Å². The van der Waals surface area contributed by atoms with Crippen LogP contribution in [-0.2, 0) is 27.4 Å². The second-order valence-corrected chi connectivity index (χ2v) is 12.5.